The van der Waals surface area contributed by atoms with Crippen molar-refractivity contribution in [1.82, 2.24) is 25.3 Å². The molecular weight excluding hydrogens is 394 g/mol. The molecule has 172 valence electrons. The first-order valence-corrected chi connectivity index (χ1v) is 11.2. The quantitative estimate of drug-likeness (QED) is 0.621. The van der Waals surface area contributed by atoms with E-state index in [1.807, 2.05) is 62.9 Å². The number of benzene rings is 1. The van der Waals surface area contributed by atoms with E-state index in [0.717, 1.165) is 5.56 Å². The summed E-state index contributed by atoms with van der Waals surface area (Å²) in [6, 6.07) is 8.72. The molecule has 0 bridgehead atoms. The lowest BCUT2D eigenvalue weighted by molar-refractivity contribution is -0.137. The lowest BCUT2D eigenvalue weighted by Gasteiger charge is -2.37. The standard InChI is InChI=1S/C23H37N5O3/c1-5-27(6-2)20(29)17-26-12-14-28(15-13-26)22(30)21(18(3)4)25-23(31)24-16-19-10-8-7-9-11-19/h7-11,18,21H,5-6,12-17H2,1-4H3,(H2,24,25,31). The summed E-state index contributed by atoms with van der Waals surface area (Å²) < 4.78 is 0. The number of carbonyl (C=O) groups excluding carboxylic acids is 3. The summed E-state index contributed by atoms with van der Waals surface area (Å²) in [5.74, 6) is 0.0263. The predicted molar refractivity (Wildman–Crippen MR) is 121 cm³/mol. The van der Waals surface area contributed by atoms with Crippen LogP contribution in [0.3, 0.4) is 0 Å². The van der Waals surface area contributed by atoms with Gasteiger partial charge in [-0.3, -0.25) is 14.5 Å². The maximum atomic E-state index is 13.1. The number of hydrogen-bond acceptors (Lipinski definition) is 4. The Morgan fingerprint density at radius 2 is 1.61 bits per heavy atom. The van der Waals surface area contributed by atoms with Crippen LogP contribution in [0, 0.1) is 5.92 Å². The summed E-state index contributed by atoms with van der Waals surface area (Å²) in [5, 5.41) is 5.66. The van der Waals surface area contributed by atoms with Crippen molar-refractivity contribution in [3.63, 3.8) is 0 Å². The fourth-order valence-electron chi connectivity index (χ4n) is 3.67. The first-order valence-electron chi connectivity index (χ1n) is 11.2. The molecule has 2 N–H and O–H groups in total. The van der Waals surface area contributed by atoms with Gasteiger partial charge in [0.1, 0.15) is 6.04 Å². The van der Waals surface area contributed by atoms with E-state index in [1.54, 1.807) is 4.90 Å². The van der Waals surface area contributed by atoms with Crippen LogP contribution in [0.1, 0.15) is 33.3 Å². The van der Waals surface area contributed by atoms with Crippen LogP contribution >= 0.6 is 0 Å². The molecule has 1 unspecified atom stereocenters. The summed E-state index contributed by atoms with van der Waals surface area (Å²) in [5.41, 5.74) is 1.00. The van der Waals surface area contributed by atoms with Crippen LogP contribution in [-0.4, -0.2) is 84.4 Å². The molecule has 1 heterocycles. The van der Waals surface area contributed by atoms with E-state index < -0.39 is 6.04 Å². The molecule has 4 amide bonds. The zero-order chi connectivity index (χ0) is 22.8. The predicted octanol–water partition coefficient (Wildman–Crippen LogP) is 1.52. The van der Waals surface area contributed by atoms with Gasteiger partial charge in [0.15, 0.2) is 0 Å². The molecule has 8 nitrogen and oxygen atoms in total. The van der Waals surface area contributed by atoms with E-state index in [1.165, 1.54) is 0 Å². The highest BCUT2D eigenvalue weighted by molar-refractivity contribution is 5.87. The molecular formula is C23H37N5O3. The lowest BCUT2D eigenvalue weighted by Crippen LogP contribution is -2.58. The Morgan fingerprint density at radius 3 is 2.16 bits per heavy atom. The smallest absolute Gasteiger partial charge is 0.315 e. The first kappa shape index (κ1) is 24.7. The van der Waals surface area contributed by atoms with Gasteiger partial charge in [0.25, 0.3) is 0 Å². The van der Waals surface area contributed by atoms with Crippen molar-refractivity contribution in [2.75, 3.05) is 45.8 Å². The summed E-state index contributed by atoms with van der Waals surface area (Å²) in [7, 11) is 0. The van der Waals surface area contributed by atoms with E-state index in [2.05, 4.69) is 15.5 Å². The Morgan fingerprint density at radius 1 is 1.00 bits per heavy atom. The number of nitrogens with one attached hydrogen (secondary N) is 2. The zero-order valence-electron chi connectivity index (χ0n) is 19.3. The third-order valence-corrected chi connectivity index (χ3v) is 5.67. The van der Waals surface area contributed by atoms with Crippen LogP contribution in [-0.2, 0) is 16.1 Å². The summed E-state index contributed by atoms with van der Waals surface area (Å²) in [6.07, 6.45) is 0. The highest BCUT2D eigenvalue weighted by Crippen LogP contribution is 2.10. The molecule has 1 aliphatic heterocycles. The van der Waals surface area contributed by atoms with Gasteiger partial charge in [-0.15, -0.1) is 0 Å². The average molecular weight is 432 g/mol. The number of urea groups is 1. The molecule has 0 spiro atoms. The average Bonchev–Trinajstić information content (AvgIpc) is 2.77. The molecule has 1 saturated heterocycles. The number of carbonyl (C=O) groups is 3. The number of amides is 4. The monoisotopic (exact) mass is 431 g/mol. The second-order valence-corrected chi connectivity index (χ2v) is 8.20. The van der Waals surface area contributed by atoms with Gasteiger partial charge >= 0.3 is 6.03 Å². The molecule has 0 aliphatic carbocycles. The van der Waals surface area contributed by atoms with E-state index in [0.29, 0.717) is 52.4 Å². The highest BCUT2D eigenvalue weighted by Gasteiger charge is 2.31. The van der Waals surface area contributed by atoms with Crippen LogP contribution in [0.2, 0.25) is 0 Å². The van der Waals surface area contributed by atoms with Gasteiger partial charge in [0.2, 0.25) is 11.8 Å². The van der Waals surface area contributed by atoms with E-state index in [4.69, 9.17) is 0 Å². The summed E-state index contributed by atoms with van der Waals surface area (Å²) in [6.45, 7) is 12.5. The second-order valence-electron chi connectivity index (χ2n) is 8.20. The van der Waals surface area contributed by atoms with Gasteiger partial charge in [-0.05, 0) is 25.3 Å². The van der Waals surface area contributed by atoms with Gasteiger partial charge in [0, 0.05) is 45.8 Å². The lowest BCUT2D eigenvalue weighted by atomic mass is 10.0. The fraction of sp³-hybridized carbons (Fsp3) is 0.609. The second kappa shape index (κ2) is 12.3. The fourth-order valence-corrected chi connectivity index (χ4v) is 3.67. The van der Waals surface area contributed by atoms with Gasteiger partial charge < -0.3 is 20.4 Å². The number of hydrogen-bond donors (Lipinski definition) is 2. The van der Waals surface area contributed by atoms with Crippen molar-refractivity contribution in [2.45, 2.75) is 40.3 Å². The maximum absolute atomic E-state index is 13.1. The molecule has 0 aromatic heterocycles. The summed E-state index contributed by atoms with van der Waals surface area (Å²) in [4.78, 5) is 43.5. The Hall–Kier alpha value is -2.61. The molecule has 2 rings (SSSR count). The topological polar surface area (TPSA) is 85.0 Å². The SMILES string of the molecule is CCN(CC)C(=O)CN1CCN(C(=O)C(NC(=O)NCc2ccccc2)C(C)C)CC1. The van der Waals surface area contributed by atoms with Crippen LogP contribution < -0.4 is 10.6 Å². The molecule has 1 fully saturated rings. The van der Waals surface area contributed by atoms with Crippen molar-refractivity contribution in [1.29, 1.82) is 0 Å². The minimum atomic E-state index is -0.584. The third-order valence-electron chi connectivity index (χ3n) is 5.67. The number of nitrogens with zero attached hydrogens (tertiary/aromatic N) is 3. The van der Waals surface area contributed by atoms with Crippen LogP contribution in [0.25, 0.3) is 0 Å². The van der Waals surface area contributed by atoms with Crippen molar-refractivity contribution < 1.29 is 14.4 Å². The van der Waals surface area contributed by atoms with Gasteiger partial charge in [-0.2, -0.15) is 0 Å². The van der Waals surface area contributed by atoms with Crippen LogP contribution in [0.5, 0.6) is 0 Å². The summed E-state index contributed by atoms with van der Waals surface area (Å²) >= 11 is 0. The Balaban J connectivity index is 1.83. The molecule has 1 atom stereocenters. The largest absolute Gasteiger partial charge is 0.342 e. The molecule has 1 aliphatic rings. The van der Waals surface area contributed by atoms with Gasteiger partial charge in [0.05, 0.1) is 6.54 Å². The first-order chi connectivity index (χ1) is 14.8. The van der Waals surface area contributed by atoms with Gasteiger partial charge in [-0.1, -0.05) is 44.2 Å². The number of piperazine rings is 1. The van der Waals surface area contributed by atoms with E-state index in [-0.39, 0.29) is 23.8 Å². The molecule has 0 saturated carbocycles. The van der Waals surface area contributed by atoms with Crippen LogP contribution in [0.15, 0.2) is 30.3 Å². The minimum Gasteiger partial charge on any atom is -0.342 e. The number of likely N-dealkylation sites (N-methyl/N-ethyl adjacent to an activating group) is 1. The van der Waals surface area contributed by atoms with Crippen molar-refractivity contribution >= 4 is 17.8 Å². The molecule has 0 radical (unpaired) electrons. The zero-order valence-corrected chi connectivity index (χ0v) is 19.3. The Labute approximate surface area is 185 Å². The molecule has 8 heteroatoms. The minimum absolute atomic E-state index is 0.0303. The molecule has 1 aromatic carbocycles. The van der Waals surface area contributed by atoms with Crippen LogP contribution in [0.4, 0.5) is 4.79 Å². The van der Waals surface area contributed by atoms with Crippen molar-refractivity contribution in [3.8, 4) is 0 Å². The number of rotatable bonds is 9. The van der Waals surface area contributed by atoms with E-state index >= 15 is 0 Å². The van der Waals surface area contributed by atoms with Gasteiger partial charge in [-0.25, -0.2) is 4.79 Å². The maximum Gasteiger partial charge on any atom is 0.315 e. The van der Waals surface area contributed by atoms with Crippen molar-refractivity contribution in [2.24, 2.45) is 5.92 Å². The van der Waals surface area contributed by atoms with Crippen molar-refractivity contribution in [3.05, 3.63) is 35.9 Å². The normalized spacial score (nSPS) is 15.5. The van der Waals surface area contributed by atoms with E-state index in [9.17, 15) is 14.4 Å². The Kier molecular flexibility index (Phi) is 9.78. The molecule has 31 heavy (non-hydrogen) atoms. The molecule has 1 aromatic rings. The Bertz CT molecular complexity index is 713. The third kappa shape index (κ3) is 7.54. The highest BCUT2D eigenvalue weighted by atomic mass is 16.2.